The molecule has 6 aromatic rings. The van der Waals surface area contributed by atoms with Crippen molar-refractivity contribution in [3.05, 3.63) is 173 Å². The number of nitrogens with one attached hydrogen (secondary N) is 2. The van der Waals surface area contributed by atoms with E-state index in [0.717, 1.165) is 68.4 Å². The molecule has 1 aliphatic rings. The molecule has 1 atom stereocenters. The summed E-state index contributed by atoms with van der Waals surface area (Å²) < 4.78 is 37.2. The Morgan fingerprint density at radius 2 is 1.44 bits per heavy atom. The van der Waals surface area contributed by atoms with Gasteiger partial charge >= 0.3 is 7.82 Å². The molecule has 8 nitrogen and oxygen atoms in total. The summed E-state index contributed by atoms with van der Waals surface area (Å²) in [4.78, 5) is 17.6. The fraction of sp³-hybridized carbons (Fsp3) is 0.233. The van der Waals surface area contributed by atoms with Gasteiger partial charge in [-0.3, -0.25) is 18.4 Å². The van der Waals surface area contributed by atoms with Crippen LogP contribution in [0, 0.1) is 6.92 Å². The lowest BCUT2D eigenvalue weighted by molar-refractivity contribution is -0.124. The number of benzene rings is 5. The van der Waals surface area contributed by atoms with Gasteiger partial charge in [-0.15, -0.1) is 0 Å². The second-order valence-electron chi connectivity index (χ2n) is 13.3. The van der Waals surface area contributed by atoms with Crippen LogP contribution < -0.4 is 10.1 Å². The van der Waals surface area contributed by atoms with Gasteiger partial charge in [0.25, 0.3) is 0 Å². The minimum absolute atomic E-state index is 0.0178. The van der Waals surface area contributed by atoms with Crippen molar-refractivity contribution < 1.29 is 27.7 Å². The van der Waals surface area contributed by atoms with Crippen LogP contribution in [0.15, 0.2) is 134 Å². The number of aromatic amines is 1. The van der Waals surface area contributed by atoms with Crippen LogP contribution in [-0.2, 0) is 48.0 Å². The maximum atomic E-state index is 14.3. The van der Waals surface area contributed by atoms with Gasteiger partial charge in [0.2, 0.25) is 5.91 Å². The zero-order chi connectivity index (χ0) is 36.0. The SMILES string of the molecule is COc1cc(C)ccc1C(NC(=O)C1(c2ccc3[nH]cc(CCOP(=O)(OCc4ccccc4)OCc4ccccc4)c3c2)CC1)c1ccccc1. The Bertz CT molecular complexity index is 2120. The second kappa shape index (κ2) is 15.7. The molecule has 0 radical (unpaired) electrons. The third-order valence-corrected chi connectivity index (χ3v) is 11.1. The molecule has 0 bridgehead atoms. The first-order valence-corrected chi connectivity index (χ1v) is 19.0. The molecule has 9 heteroatoms. The number of ether oxygens (including phenoxy) is 1. The number of phosphoric acid groups is 1. The van der Waals surface area contributed by atoms with Crippen LogP contribution in [0.2, 0.25) is 0 Å². The van der Waals surface area contributed by atoms with Crippen LogP contribution in [0.3, 0.4) is 0 Å². The van der Waals surface area contributed by atoms with E-state index in [-0.39, 0.29) is 31.8 Å². The minimum atomic E-state index is -3.91. The summed E-state index contributed by atoms with van der Waals surface area (Å²) in [5.41, 5.74) is 6.96. The lowest BCUT2D eigenvalue weighted by Crippen LogP contribution is -2.38. The van der Waals surface area contributed by atoms with E-state index >= 15 is 0 Å². The molecule has 0 aliphatic heterocycles. The number of carbonyl (C=O) groups is 1. The lowest BCUT2D eigenvalue weighted by atomic mass is 9.91. The standard InChI is InChI=1S/C43H43N2O6P/c1-31-18-20-37(40(26-31)48-2)41(34-16-10-5-11-17-34)45-42(46)43(23-24-43)36-19-21-39-38(27-36)35(28-44-39)22-25-49-52(47,50-29-32-12-6-3-7-13-32)51-30-33-14-8-4-9-15-33/h3-21,26-28,41,44H,22-25,29-30H2,1-2H3,(H,45,46). The fourth-order valence-corrected chi connectivity index (χ4v) is 7.75. The first-order chi connectivity index (χ1) is 25.4. The van der Waals surface area contributed by atoms with Crippen molar-refractivity contribution in [1.29, 1.82) is 0 Å². The van der Waals surface area contributed by atoms with Crippen LogP contribution in [-0.4, -0.2) is 24.6 Å². The predicted octanol–water partition coefficient (Wildman–Crippen LogP) is 9.52. The van der Waals surface area contributed by atoms with Crippen molar-refractivity contribution in [3.8, 4) is 5.75 Å². The number of fused-ring (bicyclic) bond motifs is 1. The summed E-state index contributed by atoms with van der Waals surface area (Å²) in [6, 6.07) is 40.9. The number of rotatable bonds is 16. The topological polar surface area (TPSA) is 98.9 Å². The largest absolute Gasteiger partial charge is 0.496 e. The Labute approximate surface area is 304 Å². The van der Waals surface area contributed by atoms with E-state index in [4.69, 9.17) is 18.3 Å². The molecule has 1 saturated carbocycles. The zero-order valence-electron chi connectivity index (χ0n) is 29.4. The summed E-state index contributed by atoms with van der Waals surface area (Å²) in [5.74, 6) is 0.718. The van der Waals surface area contributed by atoms with Crippen LogP contribution >= 0.6 is 7.82 Å². The summed E-state index contributed by atoms with van der Waals surface area (Å²) >= 11 is 0. The average Bonchev–Trinajstić information content (AvgIpc) is 3.91. The Balaban J connectivity index is 1.08. The van der Waals surface area contributed by atoms with Gasteiger partial charge in [-0.25, -0.2) is 4.57 Å². The van der Waals surface area contributed by atoms with Gasteiger partial charge in [-0.1, -0.05) is 109 Å². The molecule has 7 rings (SSSR count). The quantitative estimate of drug-likeness (QED) is 0.0970. The first kappa shape index (κ1) is 35.4. The number of amides is 1. The fourth-order valence-electron chi connectivity index (χ4n) is 6.60. The molecule has 1 fully saturated rings. The normalized spacial score (nSPS) is 14.2. The Morgan fingerprint density at radius 3 is 2.06 bits per heavy atom. The van der Waals surface area contributed by atoms with Crippen molar-refractivity contribution in [1.82, 2.24) is 10.3 Å². The smallest absolute Gasteiger partial charge is 0.475 e. The highest BCUT2D eigenvalue weighted by atomic mass is 31.2. The van der Waals surface area contributed by atoms with Crippen LogP contribution in [0.4, 0.5) is 0 Å². The highest BCUT2D eigenvalue weighted by Gasteiger charge is 2.52. The van der Waals surface area contributed by atoms with Crippen molar-refractivity contribution in [2.24, 2.45) is 0 Å². The number of hydrogen-bond acceptors (Lipinski definition) is 6. The zero-order valence-corrected chi connectivity index (χ0v) is 30.3. The molecule has 266 valence electrons. The molecule has 5 aromatic carbocycles. The van der Waals surface area contributed by atoms with E-state index in [1.165, 1.54) is 0 Å². The van der Waals surface area contributed by atoms with E-state index in [1.807, 2.05) is 134 Å². The van der Waals surface area contributed by atoms with Crippen LogP contribution in [0.5, 0.6) is 5.75 Å². The Morgan fingerprint density at radius 1 is 0.808 bits per heavy atom. The molecule has 1 aliphatic carbocycles. The van der Waals surface area contributed by atoms with Crippen molar-refractivity contribution in [2.45, 2.75) is 50.9 Å². The number of aryl methyl sites for hydroxylation is 1. The molecular formula is C43H43N2O6P. The predicted molar refractivity (Wildman–Crippen MR) is 203 cm³/mol. The number of methoxy groups -OCH3 is 1. The number of aromatic nitrogens is 1. The highest BCUT2D eigenvalue weighted by molar-refractivity contribution is 7.48. The molecule has 1 aromatic heterocycles. The van der Waals surface area contributed by atoms with Gasteiger partial charge in [0.1, 0.15) is 5.75 Å². The van der Waals surface area contributed by atoms with E-state index in [0.29, 0.717) is 6.42 Å². The van der Waals surface area contributed by atoms with Gasteiger partial charge in [0.15, 0.2) is 0 Å². The van der Waals surface area contributed by atoms with Gasteiger partial charge in [0.05, 0.1) is 38.4 Å². The third kappa shape index (κ3) is 8.06. The van der Waals surface area contributed by atoms with Crippen molar-refractivity contribution >= 4 is 24.6 Å². The summed E-state index contributed by atoms with van der Waals surface area (Å²) in [6.07, 6.45) is 3.90. The molecule has 1 amide bonds. The summed E-state index contributed by atoms with van der Waals surface area (Å²) in [7, 11) is -2.25. The Hall–Kier alpha value is -4.98. The van der Waals surface area contributed by atoms with E-state index in [2.05, 4.69) is 16.4 Å². The van der Waals surface area contributed by atoms with E-state index < -0.39 is 13.2 Å². The molecular weight excluding hydrogens is 671 g/mol. The van der Waals surface area contributed by atoms with Crippen LogP contribution in [0.1, 0.15) is 57.8 Å². The van der Waals surface area contributed by atoms with E-state index in [9.17, 15) is 9.36 Å². The van der Waals surface area contributed by atoms with Crippen LogP contribution in [0.25, 0.3) is 10.9 Å². The average molecular weight is 715 g/mol. The molecule has 0 saturated heterocycles. The van der Waals surface area contributed by atoms with Crippen molar-refractivity contribution in [3.63, 3.8) is 0 Å². The van der Waals surface area contributed by atoms with Gasteiger partial charge in [-0.2, -0.15) is 0 Å². The maximum absolute atomic E-state index is 14.3. The second-order valence-corrected chi connectivity index (χ2v) is 14.9. The van der Waals surface area contributed by atoms with Gasteiger partial charge in [-0.05, 0) is 77.8 Å². The summed E-state index contributed by atoms with van der Waals surface area (Å²) in [6.45, 7) is 2.32. The number of hydrogen-bond donors (Lipinski definition) is 2. The number of carbonyl (C=O) groups excluding carboxylic acids is 1. The summed E-state index contributed by atoms with van der Waals surface area (Å²) in [5, 5.41) is 4.39. The Kier molecular flexibility index (Phi) is 10.7. The minimum Gasteiger partial charge on any atom is -0.496 e. The number of H-pyrrole nitrogens is 1. The van der Waals surface area contributed by atoms with Crippen molar-refractivity contribution in [2.75, 3.05) is 13.7 Å². The number of phosphoric ester groups is 1. The maximum Gasteiger partial charge on any atom is 0.475 e. The van der Waals surface area contributed by atoms with E-state index in [1.54, 1.807) is 7.11 Å². The lowest BCUT2D eigenvalue weighted by Gasteiger charge is -2.25. The monoisotopic (exact) mass is 714 g/mol. The molecule has 0 spiro atoms. The highest BCUT2D eigenvalue weighted by Crippen LogP contribution is 2.52. The molecule has 1 unspecified atom stereocenters. The van der Waals surface area contributed by atoms with Gasteiger partial charge < -0.3 is 15.0 Å². The third-order valence-electron chi connectivity index (χ3n) is 9.70. The molecule has 2 N–H and O–H groups in total. The molecule has 1 heterocycles. The molecule has 52 heavy (non-hydrogen) atoms. The van der Waals surface area contributed by atoms with Gasteiger partial charge in [0, 0.05) is 22.7 Å². The first-order valence-electron chi connectivity index (χ1n) is 17.6.